The van der Waals surface area contributed by atoms with Gasteiger partial charge in [-0.05, 0) is 35.8 Å². The van der Waals surface area contributed by atoms with Crippen molar-refractivity contribution in [2.45, 2.75) is 32.9 Å². The summed E-state index contributed by atoms with van der Waals surface area (Å²) in [7, 11) is 1.67. The van der Waals surface area contributed by atoms with E-state index in [0.29, 0.717) is 0 Å². The third-order valence-corrected chi connectivity index (χ3v) is 4.44. The van der Waals surface area contributed by atoms with Gasteiger partial charge < -0.3 is 10.5 Å². The first-order valence-electron chi connectivity index (χ1n) is 6.68. The molecule has 1 heterocycles. The molecule has 2 rings (SSSR count). The average molecular weight is 338 g/mol. The minimum Gasteiger partial charge on any atom is -0.496 e. The number of halogens is 1. The van der Waals surface area contributed by atoms with Crippen molar-refractivity contribution in [2.75, 3.05) is 7.11 Å². The number of nitrogens with two attached hydrogens (primary N) is 1. The van der Waals surface area contributed by atoms with Gasteiger partial charge in [-0.1, -0.05) is 18.2 Å². The molecule has 0 amide bonds. The highest BCUT2D eigenvalue weighted by Gasteiger charge is 2.18. The maximum absolute atomic E-state index is 6.36. The predicted octanol–water partition coefficient (Wildman–Crippen LogP) is 3.23. The fourth-order valence-corrected chi connectivity index (χ4v) is 2.80. The summed E-state index contributed by atoms with van der Waals surface area (Å²) in [4.78, 5) is 0. The Kier molecular flexibility index (Phi) is 4.83. The number of hydrogen-bond donors (Lipinski definition) is 1. The number of rotatable bonds is 5. The number of benzene rings is 1. The molecule has 20 heavy (non-hydrogen) atoms. The number of aromatic nitrogens is 2. The van der Waals surface area contributed by atoms with Crippen molar-refractivity contribution in [2.24, 2.45) is 5.73 Å². The quantitative estimate of drug-likeness (QED) is 0.911. The smallest absolute Gasteiger partial charge is 0.123 e. The minimum absolute atomic E-state index is 0.121. The standard InChI is InChI=1S/C15H20BrN3O/c1-4-19-13(15(16)10(2)18-19)9-12(17)11-7-5-6-8-14(11)20-3/h5-8,12H,4,9,17H2,1-3H3. The van der Waals surface area contributed by atoms with Gasteiger partial charge in [0, 0.05) is 24.6 Å². The summed E-state index contributed by atoms with van der Waals surface area (Å²) in [5.41, 5.74) is 9.50. The Morgan fingerprint density at radius 3 is 2.75 bits per heavy atom. The molecule has 0 aliphatic carbocycles. The van der Waals surface area contributed by atoms with E-state index in [2.05, 4.69) is 28.0 Å². The molecule has 2 N–H and O–H groups in total. The molecule has 0 spiro atoms. The van der Waals surface area contributed by atoms with Crippen molar-refractivity contribution in [1.82, 2.24) is 9.78 Å². The van der Waals surface area contributed by atoms with Crippen LogP contribution in [0.1, 0.15) is 29.9 Å². The van der Waals surface area contributed by atoms with Crippen molar-refractivity contribution in [3.05, 3.63) is 45.7 Å². The fourth-order valence-electron chi connectivity index (χ4n) is 2.36. The van der Waals surface area contributed by atoms with E-state index in [-0.39, 0.29) is 6.04 Å². The summed E-state index contributed by atoms with van der Waals surface area (Å²) in [5.74, 6) is 0.829. The van der Waals surface area contributed by atoms with E-state index in [0.717, 1.165) is 40.1 Å². The first kappa shape index (κ1) is 15.1. The number of aryl methyl sites for hydroxylation is 2. The van der Waals surface area contributed by atoms with Crippen LogP contribution < -0.4 is 10.5 Å². The number of nitrogens with zero attached hydrogens (tertiary/aromatic N) is 2. The Labute approximate surface area is 128 Å². The molecular weight excluding hydrogens is 318 g/mol. The van der Waals surface area contributed by atoms with Gasteiger partial charge in [-0.3, -0.25) is 4.68 Å². The van der Waals surface area contributed by atoms with Gasteiger partial charge in [-0.25, -0.2) is 0 Å². The first-order valence-corrected chi connectivity index (χ1v) is 7.48. The zero-order chi connectivity index (χ0) is 14.7. The molecule has 1 aromatic heterocycles. The summed E-state index contributed by atoms with van der Waals surface area (Å²) < 4.78 is 8.42. The van der Waals surface area contributed by atoms with Crippen LogP contribution in [0.3, 0.4) is 0 Å². The van der Waals surface area contributed by atoms with Crippen molar-refractivity contribution in [1.29, 1.82) is 0 Å². The summed E-state index contributed by atoms with van der Waals surface area (Å²) in [6, 6.07) is 7.76. The van der Waals surface area contributed by atoms with Crippen LogP contribution in [-0.4, -0.2) is 16.9 Å². The number of para-hydroxylation sites is 1. The van der Waals surface area contributed by atoms with Crippen molar-refractivity contribution in [3.8, 4) is 5.75 Å². The third kappa shape index (κ3) is 2.88. The van der Waals surface area contributed by atoms with Crippen LogP contribution in [-0.2, 0) is 13.0 Å². The number of methoxy groups -OCH3 is 1. The zero-order valence-corrected chi connectivity index (χ0v) is 13.6. The lowest BCUT2D eigenvalue weighted by Crippen LogP contribution is -2.17. The van der Waals surface area contributed by atoms with Gasteiger partial charge in [-0.2, -0.15) is 5.10 Å². The van der Waals surface area contributed by atoms with Gasteiger partial charge in [0.25, 0.3) is 0 Å². The van der Waals surface area contributed by atoms with E-state index >= 15 is 0 Å². The van der Waals surface area contributed by atoms with Gasteiger partial charge in [0.05, 0.1) is 23.0 Å². The van der Waals surface area contributed by atoms with Crippen LogP contribution in [0, 0.1) is 6.92 Å². The zero-order valence-electron chi connectivity index (χ0n) is 12.1. The Balaban J connectivity index is 2.30. The highest BCUT2D eigenvalue weighted by Crippen LogP contribution is 2.29. The molecule has 0 aliphatic heterocycles. The largest absolute Gasteiger partial charge is 0.496 e. The lowest BCUT2D eigenvalue weighted by molar-refractivity contribution is 0.405. The molecular formula is C15H20BrN3O. The lowest BCUT2D eigenvalue weighted by Gasteiger charge is -2.16. The molecule has 1 aromatic carbocycles. The second-order valence-corrected chi connectivity index (χ2v) is 5.51. The highest BCUT2D eigenvalue weighted by atomic mass is 79.9. The molecule has 4 nitrogen and oxygen atoms in total. The van der Waals surface area contributed by atoms with E-state index in [9.17, 15) is 0 Å². The summed E-state index contributed by atoms with van der Waals surface area (Å²) in [6.07, 6.45) is 0.718. The molecule has 0 aliphatic rings. The van der Waals surface area contributed by atoms with E-state index in [1.165, 1.54) is 0 Å². The molecule has 5 heteroatoms. The fraction of sp³-hybridized carbons (Fsp3) is 0.400. The van der Waals surface area contributed by atoms with Crippen LogP contribution >= 0.6 is 15.9 Å². The van der Waals surface area contributed by atoms with Crippen LogP contribution in [0.2, 0.25) is 0 Å². The van der Waals surface area contributed by atoms with Crippen molar-refractivity contribution < 1.29 is 4.74 Å². The Bertz CT molecular complexity index is 595. The van der Waals surface area contributed by atoms with E-state index in [1.807, 2.05) is 35.9 Å². The summed E-state index contributed by atoms with van der Waals surface area (Å²) in [5, 5.41) is 4.50. The summed E-state index contributed by atoms with van der Waals surface area (Å²) >= 11 is 3.61. The lowest BCUT2D eigenvalue weighted by atomic mass is 10.0. The maximum Gasteiger partial charge on any atom is 0.123 e. The third-order valence-electron chi connectivity index (χ3n) is 3.40. The summed E-state index contributed by atoms with van der Waals surface area (Å²) in [6.45, 7) is 4.91. The molecule has 0 radical (unpaired) electrons. The molecule has 0 saturated carbocycles. The van der Waals surface area contributed by atoms with Crippen LogP contribution in [0.5, 0.6) is 5.75 Å². The molecule has 0 bridgehead atoms. The van der Waals surface area contributed by atoms with Gasteiger partial charge in [0.1, 0.15) is 5.75 Å². The Morgan fingerprint density at radius 1 is 1.40 bits per heavy atom. The first-order chi connectivity index (χ1) is 9.58. The molecule has 1 atom stereocenters. The van der Waals surface area contributed by atoms with Gasteiger partial charge in [-0.15, -0.1) is 0 Å². The average Bonchev–Trinajstić information content (AvgIpc) is 2.74. The molecule has 0 fully saturated rings. The second kappa shape index (κ2) is 6.41. The monoisotopic (exact) mass is 337 g/mol. The van der Waals surface area contributed by atoms with E-state index in [4.69, 9.17) is 10.5 Å². The second-order valence-electron chi connectivity index (χ2n) is 4.71. The van der Waals surface area contributed by atoms with Crippen LogP contribution in [0.4, 0.5) is 0 Å². The predicted molar refractivity (Wildman–Crippen MR) is 84.0 cm³/mol. The van der Waals surface area contributed by atoms with Gasteiger partial charge in [0.2, 0.25) is 0 Å². The Hall–Kier alpha value is -1.33. The highest BCUT2D eigenvalue weighted by molar-refractivity contribution is 9.10. The van der Waals surface area contributed by atoms with E-state index < -0.39 is 0 Å². The minimum atomic E-state index is -0.121. The molecule has 1 unspecified atom stereocenters. The molecule has 2 aromatic rings. The SMILES string of the molecule is CCn1nc(C)c(Br)c1CC(N)c1ccccc1OC. The van der Waals surface area contributed by atoms with Gasteiger partial charge in [0.15, 0.2) is 0 Å². The van der Waals surface area contributed by atoms with Gasteiger partial charge >= 0.3 is 0 Å². The van der Waals surface area contributed by atoms with Crippen LogP contribution in [0.15, 0.2) is 28.7 Å². The molecule has 0 saturated heterocycles. The van der Waals surface area contributed by atoms with Crippen molar-refractivity contribution in [3.63, 3.8) is 0 Å². The maximum atomic E-state index is 6.36. The Morgan fingerprint density at radius 2 is 2.10 bits per heavy atom. The van der Waals surface area contributed by atoms with E-state index in [1.54, 1.807) is 7.11 Å². The normalized spacial score (nSPS) is 12.4. The van der Waals surface area contributed by atoms with Crippen molar-refractivity contribution >= 4 is 15.9 Å². The number of ether oxygens (including phenoxy) is 1. The molecule has 108 valence electrons. The van der Waals surface area contributed by atoms with Crippen LogP contribution in [0.25, 0.3) is 0 Å². The topological polar surface area (TPSA) is 53.1 Å². The number of hydrogen-bond acceptors (Lipinski definition) is 3.